The van der Waals surface area contributed by atoms with Crippen LogP contribution in [0.4, 0.5) is 0 Å². The smallest absolute Gasteiger partial charge is 0.119 e. The zero-order chi connectivity index (χ0) is 13.3. The Hall–Kier alpha value is -0.770. The van der Waals surface area contributed by atoms with Crippen molar-refractivity contribution in [3.05, 3.63) is 29.3 Å². The van der Waals surface area contributed by atoms with Crippen LogP contribution in [0.3, 0.4) is 0 Å². The van der Waals surface area contributed by atoms with Crippen molar-refractivity contribution in [2.45, 2.75) is 24.9 Å². The fourth-order valence-electron chi connectivity index (χ4n) is 2.77. The number of benzene rings is 1. The van der Waals surface area contributed by atoms with E-state index in [1.54, 1.807) is 0 Å². The standard InChI is InChI=1S/C15H20ClNO2/c16-13-4-6-14(7-5-13)19-9-1-8-17-10-15(18,11-17)12-2-3-12/h4-7,12,18H,1-3,8-11H2. The molecule has 1 aliphatic carbocycles. The van der Waals surface area contributed by atoms with E-state index in [4.69, 9.17) is 16.3 Å². The molecule has 1 saturated heterocycles. The molecule has 0 radical (unpaired) electrons. The lowest BCUT2D eigenvalue weighted by Crippen LogP contribution is -2.63. The zero-order valence-electron chi connectivity index (χ0n) is 11.0. The Kier molecular flexibility index (Phi) is 3.70. The molecule has 4 heteroatoms. The van der Waals surface area contributed by atoms with Crippen LogP contribution < -0.4 is 4.74 Å². The van der Waals surface area contributed by atoms with Crippen LogP contribution in [0, 0.1) is 5.92 Å². The first-order valence-corrected chi connectivity index (χ1v) is 7.37. The first kappa shape index (κ1) is 13.2. The van der Waals surface area contributed by atoms with Crippen LogP contribution in [0.15, 0.2) is 24.3 Å². The van der Waals surface area contributed by atoms with E-state index in [0.717, 1.165) is 36.8 Å². The lowest BCUT2D eigenvalue weighted by atomic mass is 9.89. The summed E-state index contributed by atoms with van der Waals surface area (Å²) in [6.45, 7) is 3.40. The minimum absolute atomic E-state index is 0.364. The van der Waals surface area contributed by atoms with Gasteiger partial charge in [0.2, 0.25) is 0 Å². The highest BCUT2D eigenvalue weighted by molar-refractivity contribution is 6.30. The molecule has 0 unspecified atom stereocenters. The maximum atomic E-state index is 10.2. The topological polar surface area (TPSA) is 32.7 Å². The first-order valence-electron chi connectivity index (χ1n) is 6.99. The number of ether oxygens (including phenoxy) is 1. The molecule has 104 valence electrons. The van der Waals surface area contributed by atoms with E-state index in [0.29, 0.717) is 12.5 Å². The van der Waals surface area contributed by atoms with E-state index in [1.165, 1.54) is 12.8 Å². The van der Waals surface area contributed by atoms with E-state index >= 15 is 0 Å². The molecule has 0 aromatic heterocycles. The summed E-state index contributed by atoms with van der Waals surface area (Å²) >= 11 is 5.81. The zero-order valence-corrected chi connectivity index (χ0v) is 11.8. The van der Waals surface area contributed by atoms with Crippen molar-refractivity contribution in [3.8, 4) is 5.75 Å². The number of rotatable bonds is 6. The third-order valence-corrected chi connectivity index (χ3v) is 4.29. The third-order valence-electron chi connectivity index (χ3n) is 4.03. The van der Waals surface area contributed by atoms with Gasteiger partial charge in [0.1, 0.15) is 5.75 Å². The summed E-state index contributed by atoms with van der Waals surface area (Å²) in [5.41, 5.74) is -0.364. The Balaban J connectivity index is 1.31. The first-order chi connectivity index (χ1) is 9.16. The Morgan fingerprint density at radius 3 is 2.58 bits per heavy atom. The summed E-state index contributed by atoms with van der Waals surface area (Å²) < 4.78 is 5.64. The van der Waals surface area contributed by atoms with Gasteiger partial charge in [0.05, 0.1) is 12.2 Å². The van der Waals surface area contributed by atoms with Gasteiger partial charge in [0, 0.05) is 24.7 Å². The van der Waals surface area contributed by atoms with Gasteiger partial charge in [0.15, 0.2) is 0 Å². The summed E-state index contributed by atoms with van der Waals surface area (Å²) in [5, 5.41) is 10.9. The van der Waals surface area contributed by atoms with Crippen LogP contribution >= 0.6 is 11.6 Å². The van der Waals surface area contributed by atoms with Gasteiger partial charge in [-0.1, -0.05) is 11.6 Å². The normalized spacial score (nSPS) is 22.0. The van der Waals surface area contributed by atoms with Crippen molar-refractivity contribution >= 4 is 11.6 Å². The van der Waals surface area contributed by atoms with Crippen molar-refractivity contribution in [2.24, 2.45) is 5.92 Å². The highest BCUT2D eigenvalue weighted by Crippen LogP contribution is 2.44. The summed E-state index contributed by atoms with van der Waals surface area (Å²) in [5.74, 6) is 1.44. The highest BCUT2D eigenvalue weighted by atomic mass is 35.5. The van der Waals surface area contributed by atoms with E-state index in [2.05, 4.69) is 4.90 Å². The molecule has 1 heterocycles. The molecule has 1 aromatic carbocycles. The van der Waals surface area contributed by atoms with Gasteiger partial charge in [-0.05, 0) is 49.4 Å². The molecule has 1 aromatic rings. The average Bonchev–Trinajstić information content (AvgIpc) is 3.18. The van der Waals surface area contributed by atoms with Gasteiger partial charge >= 0.3 is 0 Å². The number of aliphatic hydroxyl groups is 1. The SMILES string of the molecule is OC1(C2CC2)CN(CCCOc2ccc(Cl)cc2)C1. The Bertz CT molecular complexity index is 424. The molecule has 3 nitrogen and oxygen atoms in total. The van der Waals surface area contributed by atoms with Crippen molar-refractivity contribution in [1.82, 2.24) is 4.90 Å². The van der Waals surface area contributed by atoms with Gasteiger partial charge in [-0.2, -0.15) is 0 Å². The molecule has 1 N–H and O–H groups in total. The largest absolute Gasteiger partial charge is 0.494 e. The lowest BCUT2D eigenvalue weighted by Gasteiger charge is -2.47. The Morgan fingerprint density at radius 1 is 1.26 bits per heavy atom. The van der Waals surface area contributed by atoms with Gasteiger partial charge in [-0.3, -0.25) is 4.90 Å². The molecule has 2 fully saturated rings. The van der Waals surface area contributed by atoms with Crippen LogP contribution in [-0.4, -0.2) is 41.8 Å². The molecule has 0 amide bonds. The number of nitrogens with zero attached hydrogens (tertiary/aromatic N) is 1. The maximum Gasteiger partial charge on any atom is 0.119 e. The molecule has 0 atom stereocenters. The predicted octanol–water partition coefficient (Wildman–Crippen LogP) is 2.57. The van der Waals surface area contributed by atoms with Gasteiger partial charge in [-0.15, -0.1) is 0 Å². The fourth-order valence-corrected chi connectivity index (χ4v) is 2.90. The van der Waals surface area contributed by atoms with Gasteiger partial charge in [0.25, 0.3) is 0 Å². The van der Waals surface area contributed by atoms with Crippen LogP contribution in [0.5, 0.6) is 5.75 Å². The van der Waals surface area contributed by atoms with Crippen LogP contribution in [-0.2, 0) is 0 Å². The number of β-amino-alcohol motifs (C(OH)–C–C–N with tert-alkyl or cyclic N) is 1. The monoisotopic (exact) mass is 281 g/mol. The molecule has 2 aliphatic rings. The Morgan fingerprint density at radius 2 is 1.95 bits per heavy atom. The molecular formula is C15H20ClNO2. The van der Waals surface area contributed by atoms with E-state index in [9.17, 15) is 5.11 Å². The Labute approximate surface area is 119 Å². The molecule has 0 bridgehead atoms. The van der Waals surface area contributed by atoms with E-state index in [1.807, 2.05) is 24.3 Å². The predicted molar refractivity (Wildman–Crippen MR) is 75.7 cm³/mol. The molecule has 19 heavy (non-hydrogen) atoms. The molecule has 0 spiro atoms. The molecular weight excluding hydrogens is 262 g/mol. The minimum atomic E-state index is -0.364. The number of likely N-dealkylation sites (tertiary alicyclic amines) is 1. The van der Waals surface area contributed by atoms with Crippen LogP contribution in [0.2, 0.25) is 5.02 Å². The van der Waals surface area contributed by atoms with Crippen molar-refractivity contribution in [1.29, 1.82) is 0 Å². The van der Waals surface area contributed by atoms with Gasteiger partial charge < -0.3 is 9.84 Å². The molecule has 3 rings (SSSR count). The number of hydrogen-bond acceptors (Lipinski definition) is 3. The van der Waals surface area contributed by atoms with Gasteiger partial charge in [-0.25, -0.2) is 0 Å². The molecule has 1 saturated carbocycles. The summed E-state index contributed by atoms with van der Waals surface area (Å²) in [7, 11) is 0. The number of halogens is 1. The summed E-state index contributed by atoms with van der Waals surface area (Å²) in [4.78, 5) is 2.31. The second-order valence-electron chi connectivity index (χ2n) is 5.74. The highest BCUT2D eigenvalue weighted by Gasteiger charge is 2.51. The van der Waals surface area contributed by atoms with Crippen molar-refractivity contribution in [3.63, 3.8) is 0 Å². The fraction of sp³-hybridized carbons (Fsp3) is 0.600. The summed E-state index contributed by atoms with van der Waals surface area (Å²) in [6.07, 6.45) is 3.41. The molecule has 1 aliphatic heterocycles. The quantitative estimate of drug-likeness (QED) is 0.814. The average molecular weight is 282 g/mol. The van der Waals surface area contributed by atoms with E-state index < -0.39 is 0 Å². The van der Waals surface area contributed by atoms with Crippen molar-refractivity contribution in [2.75, 3.05) is 26.2 Å². The van der Waals surface area contributed by atoms with Crippen LogP contribution in [0.25, 0.3) is 0 Å². The second-order valence-corrected chi connectivity index (χ2v) is 6.18. The minimum Gasteiger partial charge on any atom is -0.494 e. The van der Waals surface area contributed by atoms with Crippen molar-refractivity contribution < 1.29 is 9.84 Å². The lowest BCUT2D eigenvalue weighted by molar-refractivity contribution is -0.113. The van der Waals surface area contributed by atoms with Crippen LogP contribution in [0.1, 0.15) is 19.3 Å². The summed E-state index contributed by atoms with van der Waals surface area (Å²) in [6, 6.07) is 7.44. The third kappa shape index (κ3) is 3.22. The maximum absolute atomic E-state index is 10.2. The second kappa shape index (κ2) is 5.31. The number of hydrogen-bond donors (Lipinski definition) is 1. The van der Waals surface area contributed by atoms with E-state index in [-0.39, 0.29) is 5.60 Å².